The predicted molar refractivity (Wildman–Crippen MR) is 369 cm³/mol. The largest absolute Gasteiger partial charge is 0.417 e. The molecule has 0 bridgehead atoms. The SMILES string of the molecule is NCc1ccccc1C(F)(F)F.Nc1cccc(CO)c1.O=C(Cl)c1ccccc1C(F)(F)F.O=C(Nc1cccc(CNCc2ccccc2C(F)(F)F)c1)c1ccccc1C(F)(F)F.O=C(Nc1cccc(CO)c1)c1ccccc1C(F)(F)F.O=Cc1cccc(NC(=O)c2ccccc2C(F)(F)F)c1. The minimum absolute atomic E-state index is 0.0365. The third-order valence-electron chi connectivity index (χ3n) is 14.4. The summed E-state index contributed by atoms with van der Waals surface area (Å²) < 4.78 is 229. The molecular weight excluding hydrogens is 1490 g/mol. The first-order valence-electron chi connectivity index (χ1n) is 31.0. The molecule has 10 rings (SSSR count). The van der Waals surface area contributed by atoms with E-state index in [2.05, 4.69) is 21.3 Å². The Balaban J connectivity index is 0.000000244. The van der Waals surface area contributed by atoms with Crippen molar-refractivity contribution >= 4 is 63.6 Å². The summed E-state index contributed by atoms with van der Waals surface area (Å²) in [5.41, 5.74) is 7.34. The zero-order valence-corrected chi connectivity index (χ0v) is 56.2. The Bertz CT molecular complexity index is 4640. The van der Waals surface area contributed by atoms with Crippen molar-refractivity contribution in [2.75, 3.05) is 21.7 Å². The summed E-state index contributed by atoms with van der Waals surface area (Å²) in [5, 5.41) is 26.6. The van der Waals surface area contributed by atoms with E-state index in [4.69, 9.17) is 33.3 Å². The van der Waals surface area contributed by atoms with Gasteiger partial charge in [-0.3, -0.25) is 24.0 Å². The van der Waals surface area contributed by atoms with Gasteiger partial charge >= 0.3 is 37.1 Å². The molecule has 0 saturated carbocycles. The van der Waals surface area contributed by atoms with E-state index < -0.39 is 116 Å². The molecule has 32 heteroatoms. The number of rotatable bonds is 15. The average Bonchev–Trinajstić information content (AvgIpc) is 0.828. The lowest BCUT2D eigenvalue weighted by Crippen LogP contribution is -2.19. The molecule has 13 nitrogen and oxygen atoms in total. The Morgan fingerprint density at radius 2 is 0.657 bits per heavy atom. The normalized spacial score (nSPS) is 11.3. The zero-order valence-electron chi connectivity index (χ0n) is 55.5. The lowest BCUT2D eigenvalue weighted by Gasteiger charge is -2.14. The fourth-order valence-electron chi connectivity index (χ4n) is 9.44. The van der Waals surface area contributed by atoms with Crippen LogP contribution in [0.3, 0.4) is 0 Å². The Hall–Kier alpha value is -11.4. The second-order valence-electron chi connectivity index (χ2n) is 22.1. The standard InChI is InChI=1S/C23H18F6N2O.C15H12F3NO2.C15H10F3NO2.C8H4ClF3O.C8H8F3N.C7H9NO/c24-22(25,26)19-10-3-1-7-16(19)14-30-13-15-6-5-8-17(12-15)31-21(32)18-9-2-4-11-20(18)23(27,28)29;2*16-15(17,18)13-7-2-1-6-12(13)14(21)19-11-5-3-4-10(8-11)9-20;9-7(13)5-3-1-2-4-6(5)8(10,11)12;9-8(10,11)7-4-2-1-3-6(7)5-12;8-7-3-1-2-6(4-7)5-9/h1-12,30H,13-14H2,(H,31,32);1-8,20H,9H2,(H,19,21);1-9H,(H,19,21);1-4H;1-4H,5,12H2;1-4,9H,5,8H2. The van der Waals surface area contributed by atoms with Crippen LogP contribution in [0.5, 0.6) is 0 Å². The van der Waals surface area contributed by atoms with Crippen molar-refractivity contribution in [1.29, 1.82) is 0 Å². The van der Waals surface area contributed by atoms with Gasteiger partial charge in [0.15, 0.2) is 0 Å². The van der Waals surface area contributed by atoms with Crippen molar-refractivity contribution in [2.24, 2.45) is 5.73 Å². The molecule has 0 radical (unpaired) electrons. The minimum atomic E-state index is -4.67. The number of hydrogen-bond acceptors (Lipinski definition) is 10. The number of carbonyl (C=O) groups excluding carboxylic acids is 5. The zero-order chi connectivity index (χ0) is 80.2. The Labute approximate surface area is 608 Å². The van der Waals surface area contributed by atoms with Gasteiger partial charge in [0.2, 0.25) is 0 Å². The first-order chi connectivity index (χ1) is 50.7. The number of nitrogens with two attached hydrogens (primary N) is 2. The Kier molecular flexibility index (Phi) is 32.2. The van der Waals surface area contributed by atoms with Gasteiger partial charge in [-0.25, -0.2) is 0 Å². The second-order valence-corrected chi connectivity index (χ2v) is 22.5. The maximum atomic E-state index is 13.1. The molecule has 0 aliphatic heterocycles. The van der Waals surface area contributed by atoms with Gasteiger partial charge in [-0.05, 0) is 149 Å². The van der Waals surface area contributed by atoms with E-state index in [1.54, 1.807) is 36.4 Å². The number of halogens is 19. The number of nitrogens with one attached hydrogen (secondary N) is 4. The molecule has 0 aromatic heterocycles. The molecule has 108 heavy (non-hydrogen) atoms. The van der Waals surface area contributed by atoms with E-state index >= 15 is 0 Å². The number of nitrogen functional groups attached to an aromatic ring is 1. The van der Waals surface area contributed by atoms with Crippen molar-refractivity contribution in [1.82, 2.24) is 5.32 Å². The van der Waals surface area contributed by atoms with Crippen molar-refractivity contribution in [2.45, 2.75) is 69.9 Å². The fraction of sp³-hybridized carbons (Fsp3) is 0.145. The first kappa shape index (κ1) is 87.3. The summed E-state index contributed by atoms with van der Waals surface area (Å²) >= 11 is 4.98. The van der Waals surface area contributed by atoms with Crippen molar-refractivity contribution in [3.05, 3.63) is 332 Å². The lowest BCUT2D eigenvalue weighted by atomic mass is 10.1. The first-order valence-corrected chi connectivity index (χ1v) is 31.4. The third kappa shape index (κ3) is 27.8. The smallest absolute Gasteiger partial charge is 0.399 e. The van der Waals surface area contributed by atoms with Gasteiger partial charge in [-0.15, -0.1) is 0 Å². The van der Waals surface area contributed by atoms with Crippen LogP contribution in [0.15, 0.2) is 243 Å². The van der Waals surface area contributed by atoms with Crippen LogP contribution in [0, 0.1) is 0 Å². The van der Waals surface area contributed by atoms with E-state index in [-0.39, 0.29) is 55.3 Å². The van der Waals surface area contributed by atoms with Gasteiger partial charge < -0.3 is 42.9 Å². The predicted octanol–water partition coefficient (Wildman–Crippen LogP) is 19.5. The number of aldehydes is 1. The Morgan fingerprint density at radius 1 is 0.352 bits per heavy atom. The molecule has 10 N–H and O–H groups in total. The fourth-order valence-corrected chi connectivity index (χ4v) is 9.60. The van der Waals surface area contributed by atoms with E-state index in [1.165, 1.54) is 133 Å². The maximum Gasteiger partial charge on any atom is 0.417 e. The number of alkyl halides is 18. The highest BCUT2D eigenvalue weighted by Gasteiger charge is 2.39. The molecule has 0 spiro atoms. The summed E-state index contributed by atoms with van der Waals surface area (Å²) in [6.45, 7) is -0.0934. The highest BCUT2D eigenvalue weighted by molar-refractivity contribution is 6.68. The summed E-state index contributed by atoms with van der Waals surface area (Å²) in [7, 11) is 0. The van der Waals surface area contributed by atoms with E-state index in [0.29, 0.717) is 34.4 Å². The molecular formula is C76H61ClF18N6O7. The Morgan fingerprint density at radius 3 is 1.00 bits per heavy atom. The number of carbonyl (C=O) groups is 5. The summed E-state index contributed by atoms with van der Waals surface area (Å²) in [6.07, 6.45) is -26.6. The second kappa shape index (κ2) is 39.8. The third-order valence-corrected chi connectivity index (χ3v) is 14.6. The van der Waals surface area contributed by atoms with Gasteiger partial charge in [-0.2, -0.15) is 79.0 Å². The quantitative estimate of drug-likeness (QED) is 0.0210. The minimum Gasteiger partial charge on any atom is -0.399 e. The molecule has 0 aliphatic carbocycles. The topological polar surface area (TPSA) is 226 Å². The van der Waals surface area contributed by atoms with E-state index in [9.17, 15) is 103 Å². The maximum absolute atomic E-state index is 13.1. The van der Waals surface area contributed by atoms with Crippen LogP contribution in [-0.2, 0) is 69.9 Å². The molecule has 0 saturated heterocycles. The van der Waals surface area contributed by atoms with Gasteiger partial charge in [0.1, 0.15) is 6.29 Å². The molecule has 570 valence electrons. The molecule has 3 amide bonds. The number of benzene rings is 10. The van der Waals surface area contributed by atoms with Crippen LogP contribution in [0.2, 0.25) is 0 Å². The molecule has 0 atom stereocenters. The number of amides is 3. The number of aliphatic hydroxyl groups is 2. The highest BCUT2D eigenvalue weighted by atomic mass is 35.5. The van der Waals surface area contributed by atoms with Gasteiger partial charge in [0.05, 0.1) is 63.3 Å². The van der Waals surface area contributed by atoms with Crippen LogP contribution in [0.25, 0.3) is 0 Å². The van der Waals surface area contributed by atoms with Crippen LogP contribution in [0.4, 0.5) is 102 Å². The van der Waals surface area contributed by atoms with Crippen molar-refractivity contribution < 1.29 is 113 Å². The van der Waals surface area contributed by atoms with E-state index in [0.717, 1.165) is 66.2 Å². The van der Waals surface area contributed by atoms with Gasteiger partial charge in [0, 0.05) is 53.5 Å². The number of hydrogen-bond donors (Lipinski definition) is 8. The molecule has 0 unspecified atom stereocenters. The van der Waals surface area contributed by atoms with Crippen LogP contribution < -0.4 is 32.7 Å². The van der Waals surface area contributed by atoms with E-state index in [1.807, 2.05) is 12.1 Å². The summed E-state index contributed by atoms with van der Waals surface area (Å²) in [6, 6.07) is 54.1. The van der Waals surface area contributed by atoms with Crippen molar-refractivity contribution in [3.8, 4) is 0 Å². The summed E-state index contributed by atoms with van der Waals surface area (Å²) in [4.78, 5) is 57.6. The summed E-state index contributed by atoms with van der Waals surface area (Å²) in [5.74, 6) is -2.65. The number of aliphatic hydroxyl groups excluding tert-OH is 2. The monoisotopic (exact) mass is 1550 g/mol. The molecule has 10 aromatic rings. The average molecular weight is 1550 g/mol. The van der Waals surface area contributed by atoms with Crippen LogP contribution >= 0.6 is 11.6 Å². The molecule has 0 aliphatic rings. The van der Waals surface area contributed by atoms with Crippen molar-refractivity contribution in [3.63, 3.8) is 0 Å². The number of anilines is 4. The van der Waals surface area contributed by atoms with Crippen LogP contribution in [-0.4, -0.2) is 39.5 Å². The van der Waals surface area contributed by atoms with Gasteiger partial charge in [0.25, 0.3) is 23.0 Å². The lowest BCUT2D eigenvalue weighted by molar-refractivity contribution is -0.139. The highest BCUT2D eigenvalue weighted by Crippen LogP contribution is 2.37. The van der Waals surface area contributed by atoms with Gasteiger partial charge in [-0.1, -0.05) is 133 Å². The molecule has 0 heterocycles. The molecule has 0 fully saturated rings. The molecule has 10 aromatic carbocycles. The van der Waals surface area contributed by atoms with Crippen LogP contribution in [0.1, 0.15) is 113 Å².